The maximum atomic E-state index is 12.3. The van der Waals surface area contributed by atoms with Gasteiger partial charge in [-0.1, -0.05) is 15.9 Å². The first kappa shape index (κ1) is 17.4. The van der Waals surface area contributed by atoms with E-state index in [2.05, 4.69) is 20.8 Å². The normalized spacial score (nSPS) is 17.3. The van der Waals surface area contributed by atoms with Gasteiger partial charge in [0.25, 0.3) is 0 Å². The summed E-state index contributed by atoms with van der Waals surface area (Å²) in [6, 6.07) is 6.73. The highest BCUT2D eigenvalue weighted by Crippen LogP contribution is 2.16. The predicted octanol–water partition coefficient (Wildman–Crippen LogP) is 1.78. The van der Waals surface area contributed by atoms with Gasteiger partial charge in [0.05, 0.1) is 10.6 Å². The molecule has 0 N–H and O–H groups in total. The van der Waals surface area contributed by atoms with Crippen molar-refractivity contribution in [3.63, 3.8) is 0 Å². The minimum absolute atomic E-state index is 0.0873. The van der Waals surface area contributed by atoms with E-state index in [1.165, 1.54) is 0 Å². The van der Waals surface area contributed by atoms with Gasteiger partial charge in [0.2, 0.25) is 5.91 Å². The highest BCUT2D eigenvalue weighted by atomic mass is 79.9. The van der Waals surface area contributed by atoms with Crippen LogP contribution in [-0.4, -0.2) is 62.6 Å². The van der Waals surface area contributed by atoms with Crippen molar-refractivity contribution in [3.05, 3.63) is 28.7 Å². The molecule has 1 heterocycles. The third kappa shape index (κ3) is 4.79. The van der Waals surface area contributed by atoms with Crippen LogP contribution >= 0.6 is 15.9 Å². The van der Waals surface area contributed by atoms with Gasteiger partial charge >= 0.3 is 0 Å². The van der Waals surface area contributed by atoms with Crippen molar-refractivity contribution in [1.29, 1.82) is 0 Å². The summed E-state index contributed by atoms with van der Waals surface area (Å²) in [4.78, 5) is 15.7. The number of carbonyl (C=O) groups is 1. The van der Waals surface area contributed by atoms with E-state index in [1.807, 2.05) is 4.90 Å². The van der Waals surface area contributed by atoms with Crippen molar-refractivity contribution >= 4 is 31.7 Å². The van der Waals surface area contributed by atoms with E-state index in [0.717, 1.165) is 30.5 Å². The molecule has 0 unspecified atom stereocenters. The molecule has 22 heavy (non-hydrogen) atoms. The van der Waals surface area contributed by atoms with Crippen molar-refractivity contribution in [2.45, 2.75) is 18.2 Å². The fourth-order valence-corrected chi connectivity index (χ4v) is 4.07. The van der Waals surface area contributed by atoms with Gasteiger partial charge in [-0.3, -0.25) is 4.79 Å². The van der Waals surface area contributed by atoms with Gasteiger partial charge < -0.3 is 9.80 Å². The van der Waals surface area contributed by atoms with E-state index in [-0.39, 0.29) is 11.7 Å². The molecule has 0 atom stereocenters. The van der Waals surface area contributed by atoms with Gasteiger partial charge in [-0.2, -0.15) is 0 Å². The lowest BCUT2D eigenvalue weighted by molar-refractivity contribution is -0.128. The lowest BCUT2D eigenvalue weighted by atomic mass is 10.4. The molecule has 0 aromatic heterocycles. The lowest BCUT2D eigenvalue weighted by Crippen LogP contribution is -2.35. The van der Waals surface area contributed by atoms with Crippen LogP contribution in [0.5, 0.6) is 0 Å². The summed E-state index contributed by atoms with van der Waals surface area (Å²) in [5.74, 6) is 0.193. The first-order valence-corrected chi connectivity index (χ1v) is 9.79. The Hall–Kier alpha value is -0.920. The van der Waals surface area contributed by atoms with Crippen LogP contribution in [0.2, 0.25) is 0 Å². The Morgan fingerprint density at radius 2 is 1.82 bits per heavy atom. The molecule has 1 aliphatic rings. The third-order valence-corrected chi connectivity index (χ3v) is 6.12. The second-order valence-corrected chi connectivity index (χ2v) is 8.50. The molecule has 2 rings (SSSR count). The zero-order chi connectivity index (χ0) is 16.2. The van der Waals surface area contributed by atoms with Crippen LogP contribution < -0.4 is 0 Å². The largest absolute Gasteiger partial charge is 0.342 e. The lowest BCUT2D eigenvalue weighted by Gasteiger charge is -2.20. The van der Waals surface area contributed by atoms with Gasteiger partial charge in [0.15, 0.2) is 9.84 Å². The highest BCUT2D eigenvalue weighted by molar-refractivity contribution is 9.10. The van der Waals surface area contributed by atoms with Gasteiger partial charge in [-0.15, -0.1) is 0 Å². The van der Waals surface area contributed by atoms with Crippen LogP contribution in [0.1, 0.15) is 13.3 Å². The Morgan fingerprint density at radius 1 is 1.14 bits per heavy atom. The number of nitrogens with zero attached hydrogens (tertiary/aromatic N) is 2. The van der Waals surface area contributed by atoms with Crippen LogP contribution in [0.4, 0.5) is 0 Å². The number of sulfone groups is 1. The maximum Gasteiger partial charge on any atom is 0.219 e. The Labute approximate surface area is 140 Å². The molecular weight excluding hydrogens is 368 g/mol. The number of hydrogen-bond donors (Lipinski definition) is 0. The SMILES string of the molecule is CC(=O)N1CCCN(CCS(=O)(=O)c2ccc(Br)cc2)CC1. The molecule has 1 fully saturated rings. The second kappa shape index (κ2) is 7.57. The zero-order valence-electron chi connectivity index (χ0n) is 12.7. The molecule has 1 amide bonds. The average Bonchev–Trinajstić information content (AvgIpc) is 2.71. The summed E-state index contributed by atoms with van der Waals surface area (Å²) in [5.41, 5.74) is 0. The quantitative estimate of drug-likeness (QED) is 0.788. The summed E-state index contributed by atoms with van der Waals surface area (Å²) in [5, 5.41) is 0. The Balaban J connectivity index is 1.92. The third-order valence-electron chi connectivity index (χ3n) is 3.88. The van der Waals surface area contributed by atoms with Gasteiger partial charge in [0, 0.05) is 37.6 Å². The summed E-state index contributed by atoms with van der Waals surface area (Å²) in [6.45, 7) is 5.08. The van der Waals surface area contributed by atoms with Crippen molar-refractivity contribution < 1.29 is 13.2 Å². The predicted molar refractivity (Wildman–Crippen MR) is 89.5 cm³/mol. The molecule has 1 aromatic rings. The van der Waals surface area contributed by atoms with Crippen LogP contribution in [0.3, 0.4) is 0 Å². The van der Waals surface area contributed by atoms with Gasteiger partial charge in [-0.25, -0.2) is 8.42 Å². The minimum atomic E-state index is -3.26. The highest BCUT2D eigenvalue weighted by Gasteiger charge is 2.20. The smallest absolute Gasteiger partial charge is 0.219 e. The molecule has 1 aromatic carbocycles. The summed E-state index contributed by atoms with van der Waals surface area (Å²) >= 11 is 3.30. The summed E-state index contributed by atoms with van der Waals surface area (Å²) in [6.07, 6.45) is 0.887. The Bertz CT molecular complexity index is 616. The first-order chi connectivity index (χ1) is 10.4. The maximum absolute atomic E-state index is 12.3. The number of carbonyl (C=O) groups excluding carboxylic acids is 1. The standard InChI is InChI=1S/C15H21BrN2O3S/c1-13(19)18-8-2-7-17(9-10-18)11-12-22(20,21)15-5-3-14(16)4-6-15/h3-6H,2,7-12H2,1H3. The first-order valence-electron chi connectivity index (χ1n) is 7.35. The van der Waals surface area contributed by atoms with Crippen molar-refractivity contribution in [2.75, 3.05) is 38.5 Å². The van der Waals surface area contributed by atoms with E-state index in [4.69, 9.17) is 0 Å². The number of amides is 1. The fraction of sp³-hybridized carbons (Fsp3) is 0.533. The molecular formula is C15H21BrN2O3S. The van der Waals surface area contributed by atoms with Crippen LogP contribution in [0.25, 0.3) is 0 Å². The molecule has 0 spiro atoms. The van der Waals surface area contributed by atoms with Crippen molar-refractivity contribution in [1.82, 2.24) is 9.80 Å². The molecule has 0 radical (unpaired) electrons. The number of hydrogen-bond acceptors (Lipinski definition) is 4. The van der Waals surface area contributed by atoms with Gasteiger partial charge in [-0.05, 0) is 37.2 Å². The monoisotopic (exact) mass is 388 g/mol. The van der Waals surface area contributed by atoms with Crippen molar-refractivity contribution in [2.24, 2.45) is 0 Å². The molecule has 0 aliphatic carbocycles. The van der Waals surface area contributed by atoms with Crippen LogP contribution in [0.15, 0.2) is 33.6 Å². The molecule has 1 saturated heterocycles. The number of rotatable bonds is 4. The average molecular weight is 389 g/mol. The summed E-state index contributed by atoms with van der Waals surface area (Å²) < 4.78 is 25.5. The van der Waals surface area contributed by atoms with Crippen LogP contribution in [-0.2, 0) is 14.6 Å². The van der Waals surface area contributed by atoms with E-state index in [0.29, 0.717) is 18.0 Å². The minimum Gasteiger partial charge on any atom is -0.342 e. The van der Waals surface area contributed by atoms with E-state index >= 15 is 0 Å². The van der Waals surface area contributed by atoms with E-state index in [1.54, 1.807) is 31.2 Å². The summed E-state index contributed by atoms with van der Waals surface area (Å²) in [7, 11) is -3.26. The molecule has 7 heteroatoms. The zero-order valence-corrected chi connectivity index (χ0v) is 15.1. The van der Waals surface area contributed by atoms with Crippen molar-refractivity contribution in [3.8, 4) is 0 Å². The van der Waals surface area contributed by atoms with Crippen LogP contribution in [0, 0.1) is 0 Å². The number of benzene rings is 1. The topological polar surface area (TPSA) is 57.7 Å². The Morgan fingerprint density at radius 3 is 2.45 bits per heavy atom. The Kier molecular flexibility index (Phi) is 6.00. The molecule has 0 bridgehead atoms. The van der Waals surface area contributed by atoms with E-state index < -0.39 is 9.84 Å². The molecule has 0 saturated carbocycles. The number of halogens is 1. The fourth-order valence-electron chi connectivity index (χ4n) is 2.52. The second-order valence-electron chi connectivity index (χ2n) is 5.47. The molecule has 1 aliphatic heterocycles. The molecule has 5 nitrogen and oxygen atoms in total. The van der Waals surface area contributed by atoms with Gasteiger partial charge in [0.1, 0.15) is 0 Å². The molecule has 122 valence electrons. The van der Waals surface area contributed by atoms with E-state index in [9.17, 15) is 13.2 Å².